The number of rotatable bonds is 4. The van der Waals surface area contributed by atoms with E-state index in [9.17, 15) is 14.4 Å². The molecule has 0 aliphatic carbocycles. The lowest BCUT2D eigenvalue weighted by atomic mass is 10.1. The fourth-order valence-corrected chi connectivity index (χ4v) is 3.07. The van der Waals surface area contributed by atoms with Crippen molar-refractivity contribution in [3.8, 4) is 23.7 Å². The quantitative estimate of drug-likeness (QED) is 0.670. The number of carboxylic acids is 1. The minimum Gasteiger partial charge on any atom is -0.478 e. The molecule has 0 atom stereocenters. The molecule has 0 saturated carbocycles. The Morgan fingerprint density at radius 2 is 2.12 bits per heavy atom. The van der Waals surface area contributed by atoms with Gasteiger partial charge in [0.05, 0.1) is 17.0 Å². The maximum Gasteiger partial charge on any atom is 0.335 e. The Balaban J connectivity index is 1.87. The summed E-state index contributed by atoms with van der Waals surface area (Å²) in [7, 11) is 0. The van der Waals surface area contributed by atoms with E-state index in [1.165, 1.54) is 18.2 Å². The summed E-state index contributed by atoms with van der Waals surface area (Å²) in [5.74, 6) is 1.61. The van der Waals surface area contributed by atoms with Crippen LogP contribution in [-0.4, -0.2) is 33.7 Å². The van der Waals surface area contributed by atoms with Gasteiger partial charge in [-0.1, -0.05) is 18.1 Å². The Morgan fingerprint density at radius 3 is 2.84 bits per heavy atom. The van der Waals surface area contributed by atoms with E-state index in [2.05, 4.69) is 5.92 Å². The number of imide groups is 1. The second-order valence-corrected chi connectivity index (χ2v) is 6.05. The van der Waals surface area contributed by atoms with Crippen molar-refractivity contribution in [3.05, 3.63) is 52.6 Å². The number of nitrogens with zero attached hydrogens (tertiary/aromatic N) is 1. The standard InChI is InChI=1S/C18H11NO5S/c1-2-8-19-16(20)15(25-18(19)23)10-13-6-7-14(24-13)11-4-3-5-12(9-11)17(21)22/h1,3-7,9-10H,8H2,(H,21,22). The zero-order chi connectivity index (χ0) is 18.0. The lowest BCUT2D eigenvalue weighted by Crippen LogP contribution is -2.28. The molecule has 1 aliphatic rings. The van der Waals surface area contributed by atoms with Crippen LogP contribution in [0.3, 0.4) is 0 Å². The maximum absolute atomic E-state index is 12.1. The van der Waals surface area contributed by atoms with Crippen molar-refractivity contribution in [2.45, 2.75) is 0 Å². The number of carboxylic acid groups (broad SMARTS) is 1. The first-order chi connectivity index (χ1) is 12.0. The van der Waals surface area contributed by atoms with E-state index >= 15 is 0 Å². The number of hydrogen-bond acceptors (Lipinski definition) is 5. The van der Waals surface area contributed by atoms with Gasteiger partial charge in [-0.15, -0.1) is 6.42 Å². The van der Waals surface area contributed by atoms with Gasteiger partial charge >= 0.3 is 5.97 Å². The van der Waals surface area contributed by atoms with E-state index in [4.69, 9.17) is 15.9 Å². The first kappa shape index (κ1) is 16.6. The molecule has 3 rings (SSSR count). The number of thioether (sulfide) groups is 1. The normalized spacial score (nSPS) is 15.6. The monoisotopic (exact) mass is 353 g/mol. The lowest BCUT2D eigenvalue weighted by Gasteiger charge is -2.06. The van der Waals surface area contributed by atoms with Gasteiger partial charge in [0.15, 0.2) is 0 Å². The Bertz CT molecular complexity index is 950. The Hall–Kier alpha value is -3.24. The van der Waals surface area contributed by atoms with Crippen molar-refractivity contribution in [3.63, 3.8) is 0 Å². The summed E-state index contributed by atoms with van der Waals surface area (Å²) < 4.78 is 5.64. The van der Waals surface area contributed by atoms with Crippen LogP contribution in [0, 0.1) is 12.3 Å². The first-order valence-electron chi connectivity index (χ1n) is 7.12. The highest BCUT2D eigenvalue weighted by Crippen LogP contribution is 2.33. The molecule has 1 fully saturated rings. The smallest absolute Gasteiger partial charge is 0.335 e. The van der Waals surface area contributed by atoms with E-state index < -0.39 is 17.1 Å². The minimum absolute atomic E-state index is 0.0760. The van der Waals surface area contributed by atoms with Gasteiger partial charge < -0.3 is 9.52 Å². The van der Waals surface area contributed by atoms with E-state index in [1.54, 1.807) is 24.3 Å². The van der Waals surface area contributed by atoms with E-state index in [-0.39, 0.29) is 17.0 Å². The van der Waals surface area contributed by atoms with Crippen LogP contribution < -0.4 is 0 Å². The van der Waals surface area contributed by atoms with Crippen molar-refractivity contribution in [1.29, 1.82) is 0 Å². The van der Waals surface area contributed by atoms with Crippen LogP contribution in [0.2, 0.25) is 0 Å². The van der Waals surface area contributed by atoms with Crippen LogP contribution in [-0.2, 0) is 4.79 Å². The second-order valence-electron chi connectivity index (χ2n) is 5.06. The predicted octanol–water partition coefficient (Wildman–Crippen LogP) is 3.31. The van der Waals surface area contributed by atoms with Gasteiger partial charge in [0.2, 0.25) is 0 Å². The molecule has 1 saturated heterocycles. The van der Waals surface area contributed by atoms with Crippen LogP contribution in [0.1, 0.15) is 16.1 Å². The molecule has 0 bridgehead atoms. The Labute approximate surface area is 147 Å². The van der Waals surface area contributed by atoms with E-state index in [1.807, 2.05) is 0 Å². The molecule has 0 spiro atoms. The fraction of sp³-hybridized carbons (Fsp3) is 0.0556. The van der Waals surface area contributed by atoms with Gasteiger partial charge in [-0.2, -0.15) is 0 Å². The molecule has 1 N–H and O–H groups in total. The molecular weight excluding hydrogens is 342 g/mol. The summed E-state index contributed by atoms with van der Waals surface area (Å²) in [6, 6.07) is 9.61. The summed E-state index contributed by atoms with van der Waals surface area (Å²) >= 11 is 0.793. The molecule has 6 nitrogen and oxygen atoms in total. The molecule has 7 heteroatoms. The molecule has 1 aliphatic heterocycles. The van der Waals surface area contributed by atoms with Gasteiger partial charge in [-0.25, -0.2) is 4.79 Å². The number of hydrogen-bond donors (Lipinski definition) is 1. The summed E-state index contributed by atoms with van der Waals surface area (Å²) in [6.45, 7) is -0.0760. The van der Waals surface area contributed by atoms with Crippen LogP contribution in [0.25, 0.3) is 17.4 Å². The van der Waals surface area contributed by atoms with Crippen LogP contribution in [0.15, 0.2) is 45.7 Å². The van der Waals surface area contributed by atoms with Crippen LogP contribution >= 0.6 is 11.8 Å². The van der Waals surface area contributed by atoms with Crippen LogP contribution in [0.4, 0.5) is 4.79 Å². The van der Waals surface area contributed by atoms with Crippen molar-refractivity contribution < 1.29 is 23.9 Å². The van der Waals surface area contributed by atoms with Gasteiger partial charge in [0, 0.05) is 11.6 Å². The molecule has 2 aromatic rings. The van der Waals surface area contributed by atoms with Gasteiger partial charge in [0.25, 0.3) is 11.1 Å². The summed E-state index contributed by atoms with van der Waals surface area (Å²) in [6.07, 6.45) is 6.61. The summed E-state index contributed by atoms with van der Waals surface area (Å²) in [5.41, 5.74) is 0.742. The van der Waals surface area contributed by atoms with Crippen molar-refractivity contribution in [2.24, 2.45) is 0 Å². The third kappa shape index (κ3) is 3.34. The third-order valence-corrected chi connectivity index (χ3v) is 4.32. The van der Waals surface area contributed by atoms with Crippen molar-refractivity contribution >= 4 is 35.0 Å². The highest BCUT2D eigenvalue weighted by atomic mass is 32.2. The molecule has 2 amide bonds. The molecule has 0 radical (unpaired) electrons. The zero-order valence-electron chi connectivity index (χ0n) is 12.8. The minimum atomic E-state index is -1.03. The topological polar surface area (TPSA) is 87.8 Å². The average molecular weight is 353 g/mol. The van der Waals surface area contributed by atoms with Crippen molar-refractivity contribution in [1.82, 2.24) is 4.90 Å². The third-order valence-electron chi connectivity index (χ3n) is 3.42. The maximum atomic E-state index is 12.1. The van der Waals surface area contributed by atoms with Gasteiger partial charge in [-0.3, -0.25) is 14.5 Å². The summed E-state index contributed by atoms with van der Waals surface area (Å²) in [4.78, 5) is 36.1. The van der Waals surface area contributed by atoms with Crippen LogP contribution in [0.5, 0.6) is 0 Å². The Morgan fingerprint density at radius 1 is 1.32 bits per heavy atom. The lowest BCUT2D eigenvalue weighted by molar-refractivity contribution is -0.122. The summed E-state index contributed by atoms with van der Waals surface area (Å²) in [5, 5.41) is 8.62. The number of aromatic carboxylic acids is 1. The highest BCUT2D eigenvalue weighted by Gasteiger charge is 2.34. The second kappa shape index (κ2) is 6.71. The number of terminal acetylenes is 1. The largest absolute Gasteiger partial charge is 0.478 e. The highest BCUT2D eigenvalue weighted by molar-refractivity contribution is 8.18. The van der Waals surface area contributed by atoms with Crippen molar-refractivity contribution in [2.75, 3.05) is 6.54 Å². The zero-order valence-corrected chi connectivity index (χ0v) is 13.6. The molecule has 25 heavy (non-hydrogen) atoms. The average Bonchev–Trinajstić information content (AvgIpc) is 3.16. The first-order valence-corrected chi connectivity index (χ1v) is 7.93. The molecule has 2 heterocycles. The Kier molecular flexibility index (Phi) is 4.46. The molecule has 1 aromatic carbocycles. The molecule has 1 aromatic heterocycles. The number of amides is 2. The molecule has 0 unspecified atom stereocenters. The number of carbonyl (C=O) groups excluding carboxylic acids is 2. The van der Waals surface area contributed by atoms with E-state index in [0.717, 1.165) is 16.7 Å². The number of furan rings is 1. The van der Waals surface area contributed by atoms with Gasteiger partial charge in [0.1, 0.15) is 11.5 Å². The van der Waals surface area contributed by atoms with E-state index in [0.29, 0.717) is 17.1 Å². The molecular formula is C18H11NO5S. The fourth-order valence-electron chi connectivity index (χ4n) is 2.25. The number of carbonyl (C=O) groups is 3. The number of benzene rings is 1. The molecule has 124 valence electrons. The SMILES string of the molecule is C#CCN1C(=O)SC(=Cc2ccc(-c3cccc(C(=O)O)c3)o2)C1=O. The predicted molar refractivity (Wildman–Crippen MR) is 92.6 cm³/mol. The van der Waals surface area contributed by atoms with Gasteiger partial charge in [-0.05, 0) is 36.0 Å².